The second kappa shape index (κ2) is 4.91. The summed E-state index contributed by atoms with van der Waals surface area (Å²) in [6.07, 6.45) is 0. The largest absolute Gasteiger partial charge is 0.420 e. The van der Waals surface area contributed by atoms with Crippen LogP contribution < -0.4 is 4.74 Å². The Bertz CT molecular complexity index is 582. The molecule has 2 rings (SSSR count). The standard InChI is InChI=1S/C13H7F3O2/c14-9-6-7-10(12(16)11(9)15)18-13(17)8-4-2-1-3-5-8/h1-7H. The quantitative estimate of drug-likeness (QED) is 0.465. The maximum Gasteiger partial charge on any atom is 0.343 e. The van der Waals surface area contributed by atoms with Gasteiger partial charge in [-0.1, -0.05) is 18.2 Å². The third-order valence-corrected chi connectivity index (χ3v) is 2.21. The fourth-order valence-electron chi connectivity index (χ4n) is 1.32. The lowest BCUT2D eigenvalue weighted by atomic mass is 10.2. The first-order valence-electron chi connectivity index (χ1n) is 5.00. The molecular weight excluding hydrogens is 245 g/mol. The van der Waals surface area contributed by atoms with Gasteiger partial charge in [0.2, 0.25) is 5.82 Å². The topological polar surface area (TPSA) is 26.3 Å². The predicted molar refractivity (Wildman–Crippen MR) is 57.7 cm³/mol. The van der Waals surface area contributed by atoms with Crippen molar-refractivity contribution in [2.24, 2.45) is 0 Å². The van der Waals surface area contributed by atoms with Gasteiger partial charge in [0.05, 0.1) is 5.56 Å². The first-order chi connectivity index (χ1) is 8.59. The molecule has 0 fully saturated rings. The van der Waals surface area contributed by atoms with E-state index < -0.39 is 29.2 Å². The minimum atomic E-state index is -1.67. The van der Waals surface area contributed by atoms with Gasteiger partial charge in [0.25, 0.3) is 0 Å². The van der Waals surface area contributed by atoms with Crippen LogP contribution in [0.1, 0.15) is 10.4 Å². The van der Waals surface area contributed by atoms with Gasteiger partial charge in [0.1, 0.15) is 0 Å². The van der Waals surface area contributed by atoms with Gasteiger partial charge in [-0.15, -0.1) is 0 Å². The van der Waals surface area contributed by atoms with Crippen molar-refractivity contribution in [2.45, 2.75) is 0 Å². The molecule has 0 amide bonds. The van der Waals surface area contributed by atoms with Gasteiger partial charge in [-0.3, -0.25) is 0 Å². The van der Waals surface area contributed by atoms with Crippen LogP contribution in [-0.2, 0) is 0 Å². The van der Waals surface area contributed by atoms with Gasteiger partial charge in [-0.05, 0) is 24.3 Å². The molecule has 0 aliphatic heterocycles. The minimum absolute atomic E-state index is 0.182. The van der Waals surface area contributed by atoms with Crippen molar-refractivity contribution in [2.75, 3.05) is 0 Å². The van der Waals surface area contributed by atoms with Gasteiger partial charge in [0, 0.05) is 0 Å². The number of carbonyl (C=O) groups is 1. The summed E-state index contributed by atoms with van der Waals surface area (Å²) < 4.78 is 43.5. The van der Waals surface area contributed by atoms with Crippen molar-refractivity contribution in [3.05, 3.63) is 65.5 Å². The zero-order valence-electron chi connectivity index (χ0n) is 8.99. The van der Waals surface area contributed by atoms with Crippen molar-refractivity contribution in [1.29, 1.82) is 0 Å². The van der Waals surface area contributed by atoms with Gasteiger partial charge >= 0.3 is 5.97 Å². The second-order valence-corrected chi connectivity index (χ2v) is 3.43. The highest BCUT2D eigenvalue weighted by Gasteiger charge is 2.17. The maximum absolute atomic E-state index is 13.2. The fourth-order valence-corrected chi connectivity index (χ4v) is 1.32. The Labute approximate surface area is 101 Å². The molecule has 2 aromatic rings. The maximum atomic E-state index is 13.2. The van der Waals surface area contributed by atoms with E-state index in [1.165, 1.54) is 12.1 Å². The van der Waals surface area contributed by atoms with E-state index in [9.17, 15) is 18.0 Å². The average molecular weight is 252 g/mol. The molecule has 92 valence electrons. The molecule has 0 heterocycles. The molecule has 0 aromatic heterocycles. The van der Waals surface area contributed by atoms with Crippen LogP contribution >= 0.6 is 0 Å². The van der Waals surface area contributed by atoms with E-state index in [2.05, 4.69) is 4.74 Å². The molecule has 18 heavy (non-hydrogen) atoms. The number of benzene rings is 2. The van der Waals surface area contributed by atoms with Crippen LogP contribution in [0.5, 0.6) is 5.75 Å². The Morgan fingerprint density at radius 3 is 2.22 bits per heavy atom. The highest BCUT2D eigenvalue weighted by Crippen LogP contribution is 2.22. The lowest BCUT2D eigenvalue weighted by molar-refractivity contribution is 0.0726. The Kier molecular flexibility index (Phi) is 3.32. The third kappa shape index (κ3) is 2.34. The SMILES string of the molecule is O=C(Oc1ccc(F)c(F)c1F)c1ccccc1. The van der Waals surface area contributed by atoms with E-state index >= 15 is 0 Å². The van der Waals surface area contributed by atoms with Crippen LogP contribution in [-0.4, -0.2) is 5.97 Å². The summed E-state index contributed by atoms with van der Waals surface area (Å²) >= 11 is 0. The van der Waals surface area contributed by atoms with E-state index in [4.69, 9.17) is 0 Å². The first-order valence-corrected chi connectivity index (χ1v) is 5.00. The minimum Gasteiger partial charge on any atom is -0.420 e. The molecule has 0 saturated carbocycles. The summed E-state index contributed by atoms with van der Waals surface area (Å²) in [6, 6.07) is 9.34. The molecule has 2 aromatic carbocycles. The summed E-state index contributed by atoms with van der Waals surface area (Å²) in [4.78, 5) is 11.6. The zero-order valence-corrected chi connectivity index (χ0v) is 8.99. The van der Waals surface area contributed by atoms with Crippen LogP contribution in [0.25, 0.3) is 0 Å². The van der Waals surface area contributed by atoms with Crippen LogP contribution in [0.3, 0.4) is 0 Å². The number of ether oxygens (including phenoxy) is 1. The number of rotatable bonds is 2. The number of carbonyl (C=O) groups excluding carboxylic acids is 1. The summed E-state index contributed by atoms with van der Waals surface area (Å²) in [5.74, 6) is -6.04. The molecule has 0 atom stereocenters. The van der Waals surface area contributed by atoms with Crippen LogP contribution in [0.2, 0.25) is 0 Å². The van der Waals surface area contributed by atoms with E-state index in [1.54, 1.807) is 18.2 Å². The summed E-state index contributed by atoms with van der Waals surface area (Å²) in [5, 5.41) is 0. The lowest BCUT2D eigenvalue weighted by Gasteiger charge is -2.06. The van der Waals surface area contributed by atoms with Gasteiger partial charge in [-0.25, -0.2) is 13.6 Å². The summed E-state index contributed by atoms with van der Waals surface area (Å²) in [6.45, 7) is 0. The monoisotopic (exact) mass is 252 g/mol. The number of hydrogen-bond acceptors (Lipinski definition) is 2. The predicted octanol–water partition coefficient (Wildman–Crippen LogP) is 3.32. The molecule has 0 radical (unpaired) electrons. The Balaban J connectivity index is 2.26. The summed E-state index contributed by atoms with van der Waals surface area (Å²) in [5.41, 5.74) is 0.182. The molecule has 0 N–H and O–H groups in total. The van der Waals surface area contributed by atoms with Gasteiger partial charge < -0.3 is 4.74 Å². The first kappa shape index (κ1) is 12.2. The number of esters is 1. The molecule has 0 aliphatic carbocycles. The van der Waals surface area contributed by atoms with E-state index in [0.29, 0.717) is 6.07 Å². The van der Waals surface area contributed by atoms with E-state index in [1.807, 2.05) is 0 Å². The highest BCUT2D eigenvalue weighted by atomic mass is 19.2. The molecule has 5 heteroatoms. The van der Waals surface area contributed by atoms with Crippen molar-refractivity contribution in [3.63, 3.8) is 0 Å². The van der Waals surface area contributed by atoms with Gasteiger partial charge in [-0.2, -0.15) is 4.39 Å². The third-order valence-electron chi connectivity index (χ3n) is 2.21. The summed E-state index contributed by atoms with van der Waals surface area (Å²) in [7, 11) is 0. The molecule has 0 aliphatic rings. The lowest BCUT2D eigenvalue weighted by Crippen LogP contribution is -2.10. The van der Waals surface area contributed by atoms with Gasteiger partial charge in [0.15, 0.2) is 17.4 Å². The van der Waals surface area contributed by atoms with Crippen molar-refractivity contribution in [3.8, 4) is 5.75 Å². The smallest absolute Gasteiger partial charge is 0.343 e. The molecule has 2 nitrogen and oxygen atoms in total. The van der Waals surface area contributed by atoms with Crippen molar-refractivity contribution < 1.29 is 22.7 Å². The van der Waals surface area contributed by atoms with Crippen molar-refractivity contribution in [1.82, 2.24) is 0 Å². The Morgan fingerprint density at radius 2 is 1.56 bits per heavy atom. The Morgan fingerprint density at radius 1 is 0.889 bits per heavy atom. The Hall–Kier alpha value is -2.30. The molecule has 0 bridgehead atoms. The average Bonchev–Trinajstić information content (AvgIpc) is 2.40. The van der Waals surface area contributed by atoms with E-state index in [-0.39, 0.29) is 5.56 Å². The van der Waals surface area contributed by atoms with Crippen molar-refractivity contribution >= 4 is 5.97 Å². The molecule has 0 saturated heterocycles. The van der Waals surface area contributed by atoms with Crippen LogP contribution in [0, 0.1) is 17.5 Å². The van der Waals surface area contributed by atoms with Crippen LogP contribution in [0.4, 0.5) is 13.2 Å². The fraction of sp³-hybridized carbons (Fsp3) is 0. The number of hydrogen-bond donors (Lipinski definition) is 0. The second-order valence-electron chi connectivity index (χ2n) is 3.43. The normalized spacial score (nSPS) is 10.2. The molecule has 0 unspecified atom stereocenters. The molecular formula is C13H7F3O2. The number of halogens is 3. The molecule has 0 spiro atoms. The van der Waals surface area contributed by atoms with Crippen LogP contribution in [0.15, 0.2) is 42.5 Å². The highest BCUT2D eigenvalue weighted by molar-refractivity contribution is 5.90. The van der Waals surface area contributed by atoms with E-state index in [0.717, 1.165) is 6.07 Å². The zero-order chi connectivity index (χ0) is 13.1.